The van der Waals surface area contributed by atoms with E-state index in [9.17, 15) is 0 Å². The van der Waals surface area contributed by atoms with Gasteiger partial charge in [-0.2, -0.15) is 10.4 Å². The lowest BCUT2D eigenvalue weighted by molar-refractivity contribution is 0.0782. The molecule has 1 heterocycles. The zero-order valence-corrected chi connectivity index (χ0v) is 6.38. The van der Waals surface area contributed by atoms with E-state index in [0.717, 1.165) is 0 Å². The Hall–Kier alpha value is -1.38. The highest BCUT2D eigenvalue weighted by molar-refractivity contribution is 5.21. The van der Waals surface area contributed by atoms with Crippen molar-refractivity contribution in [3.05, 3.63) is 18.0 Å². The van der Waals surface area contributed by atoms with Crippen LogP contribution >= 0.6 is 0 Å². The van der Waals surface area contributed by atoms with Crippen molar-refractivity contribution < 1.29 is 10.2 Å². The highest BCUT2D eigenvalue weighted by Gasteiger charge is 2.03. The zero-order chi connectivity index (χ0) is 8.97. The molecule has 12 heavy (non-hydrogen) atoms. The smallest absolute Gasteiger partial charge is 0.102 e. The molecule has 5 nitrogen and oxygen atoms in total. The van der Waals surface area contributed by atoms with Crippen molar-refractivity contribution in [3.63, 3.8) is 0 Å². The van der Waals surface area contributed by atoms with Gasteiger partial charge < -0.3 is 10.2 Å². The van der Waals surface area contributed by atoms with Gasteiger partial charge in [0.2, 0.25) is 0 Å². The fraction of sp³-hybridized carbons (Fsp3) is 0.429. The third kappa shape index (κ3) is 2.05. The second kappa shape index (κ2) is 3.85. The summed E-state index contributed by atoms with van der Waals surface area (Å²) in [5, 5.41) is 29.7. The van der Waals surface area contributed by atoms with E-state index in [1.807, 2.05) is 6.07 Å². The molecule has 64 valence electrons. The molecule has 1 unspecified atom stereocenters. The van der Waals surface area contributed by atoms with Gasteiger partial charge in [0.1, 0.15) is 6.07 Å². The minimum Gasteiger partial charge on any atom is -0.394 e. The summed E-state index contributed by atoms with van der Waals surface area (Å²) in [5.74, 6) is 0. The van der Waals surface area contributed by atoms with E-state index in [0.29, 0.717) is 5.56 Å². The van der Waals surface area contributed by atoms with Crippen molar-refractivity contribution >= 4 is 0 Å². The van der Waals surface area contributed by atoms with Gasteiger partial charge in [0, 0.05) is 6.20 Å². The van der Waals surface area contributed by atoms with Crippen molar-refractivity contribution in [2.75, 3.05) is 6.61 Å². The molecule has 0 aromatic carbocycles. The highest BCUT2D eigenvalue weighted by Crippen LogP contribution is 1.96. The van der Waals surface area contributed by atoms with Crippen LogP contribution in [0.4, 0.5) is 0 Å². The number of rotatable bonds is 3. The Kier molecular flexibility index (Phi) is 2.80. The quantitative estimate of drug-likeness (QED) is 0.611. The molecule has 0 radical (unpaired) electrons. The molecule has 0 aliphatic heterocycles. The standard InChI is InChI=1S/C7H9N3O2/c8-1-6-2-9-10(3-6)4-7(12)5-11/h2-3,7,11-12H,4-5H2. The summed E-state index contributed by atoms with van der Waals surface area (Å²) in [6.07, 6.45) is 2.10. The normalized spacial score (nSPS) is 12.4. The summed E-state index contributed by atoms with van der Waals surface area (Å²) in [5.41, 5.74) is 0.445. The van der Waals surface area contributed by atoms with E-state index in [1.165, 1.54) is 17.1 Å². The van der Waals surface area contributed by atoms with Crippen LogP contribution < -0.4 is 0 Å². The number of nitrogens with zero attached hydrogens (tertiary/aromatic N) is 3. The Labute approximate surface area is 69.5 Å². The molecule has 1 aromatic heterocycles. The van der Waals surface area contributed by atoms with Gasteiger partial charge in [-0.05, 0) is 0 Å². The third-order valence-electron chi connectivity index (χ3n) is 1.37. The van der Waals surface area contributed by atoms with Crippen molar-refractivity contribution in [1.82, 2.24) is 9.78 Å². The number of hydrogen-bond acceptors (Lipinski definition) is 4. The maximum absolute atomic E-state index is 9.00. The molecule has 1 rings (SSSR count). The van der Waals surface area contributed by atoms with Crippen molar-refractivity contribution in [2.24, 2.45) is 0 Å². The minimum absolute atomic E-state index is 0.207. The fourth-order valence-corrected chi connectivity index (χ4v) is 0.795. The molecule has 0 bridgehead atoms. The topological polar surface area (TPSA) is 82.1 Å². The van der Waals surface area contributed by atoms with Gasteiger partial charge in [0.15, 0.2) is 0 Å². The van der Waals surface area contributed by atoms with Crippen LogP contribution in [0.5, 0.6) is 0 Å². The number of aromatic nitrogens is 2. The summed E-state index contributed by atoms with van der Waals surface area (Å²) >= 11 is 0. The van der Waals surface area contributed by atoms with Crippen molar-refractivity contribution in [1.29, 1.82) is 5.26 Å². The molecule has 0 saturated carbocycles. The predicted octanol–water partition coefficient (Wildman–Crippen LogP) is -0.892. The Morgan fingerprint density at radius 1 is 1.75 bits per heavy atom. The van der Waals surface area contributed by atoms with Gasteiger partial charge >= 0.3 is 0 Å². The van der Waals surface area contributed by atoms with E-state index in [1.54, 1.807) is 0 Å². The van der Waals surface area contributed by atoms with Crippen LogP contribution in [0.1, 0.15) is 5.56 Å². The summed E-state index contributed by atoms with van der Waals surface area (Å²) in [6.45, 7) is -0.0973. The third-order valence-corrected chi connectivity index (χ3v) is 1.37. The average molecular weight is 167 g/mol. The van der Waals surface area contributed by atoms with Crippen LogP contribution in [0, 0.1) is 11.3 Å². The zero-order valence-electron chi connectivity index (χ0n) is 6.38. The number of aliphatic hydroxyl groups is 2. The lowest BCUT2D eigenvalue weighted by Crippen LogP contribution is -2.19. The van der Waals surface area contributed by atoms with E-state index < -0.39 is 6.10 Å². The van der Waals surface area contributed by atoms with Crippen LogP contribution in [-0.4, -0.2) is 32.7 Å². The lowest BCUT2D eigenvalue weighted by Gasteiger charge is -2.05. The minimum atomic E-state index is -0.823. The monoisotopic (exact) mass is 167 g/mol. The van der Waals surface area contributed by atoms with Crippen LogP contribution in [0.2, 0.25) is 0 Å². The first-order valence-electron chi connectivity index (χ1n) is 3.47. The number of hydrogen-bond donors (Lipinski definition) is 2. The first-order chi connectivity index (χ1) is 5.76. The van der Waals surface area contributed by atoms with Gasteiger partial charge in [-0.15, -0.1) is 0 Å². The fourth-order valence-electron chi connectivity index (χ4n) is 0.795. The van der Waals surface area contributed by atoms with Crippen molar-refractivity contribution in [2.45, 2.75) is 12.6 Å². The summed E-state index contributed by atoms with van der Waals surface area (Å²) < 4.78 is 1.42. The lowest BCUT2D eigenvalue weighted by atomic mass is 10.4. The van der Waals surface area contributed by atoms with Crippen LogP contribution in [0.15, 0.2) is 12.4 Å². The molecule has 1 aromatic rings. The van der Waals surface area contributed by atoms with Crippen molar-refractivity contribution in [3.8, 4) is 6.07 Å². The van der Waals surface area contributed by atoms with E-state index in [4.69, 9.17) is 15.5 Å². The summed E-state index contributed by atoms with van der Waals surface area (Å²) in [4.78, 5) is 0. The number of nitriles is 1. The second-order valence-electron chi connectivity index (χ2n) is 2.40. The van der Waals surface area contributed by atoms with Gasteiger partial charge in [-0.1, -0.05) is 0 Å². The maximum Gasteiger partial charge on any atom is 0.102 e. The second-order valence-corrected chi connectivity index (χ2v) is 2.40. The average Bonchev–Trinajstić information content (AvgIpc) is 2.52. The van der Waals surface area contributed by atoms with Crippen LogP contribution in [0.25, 0.3) is 0 Å². The first kappa shape index (κ1) is 8.71. The largest absolute Gasteiger partial charge is 0.394 e. The Morgan fingerprint density at radius 3 is 3.00 bits per heavy atom. The van der Waals surface area contributed by atoms with E-state index in [-0.39, 0.29) is 13.2 Å². The summed E-state index contributed by atoms with van der Waals surface area (Å²) in [7, 11) is 0. The Balaban J connectivity index is 2.59. The van der Waals surface area contributed by atoms with E-state index >= 15 is 0 Å². The van der Waals surface area contributed by atoms with Crippen LogP contribution in [0.3, 0.4) is 0 Å². The highest BCUT2D eigenvalue weighted by atomic mass is 16.3. The van der Waals surface area contributed by atoms with Gasteiger partial charge in [-0.3, -0.25) is 4.68 Å². The molecule has 0 saturated heterocycles. The molecule has 1 atom stereocenters. The molecule has 0 fully saturated rings. The summed E-state index contributed by atoms with van der Waals surface area (Å²) in [6, 6.07) is 1.91. The maximum atomic E-state index is 9.00. The molecule has 0 spiro atoms. The van der Waals surface area contributed by atoms with Gasteiger partial charge in [0.25, 0.3) is 0 Å². The van der Waals surface area contributed by atoms with Crippen LogP contribution in [-0.2, 0) is 6.54 Å². The Morgan fingerprint density at radius 2 is 2.50 bits per heavy atom. The number of aliphatic hydroxyl groups excluding tert-OH is 2. The predicted molar refractivity (Wildman–Crippen MR) is 40.0 cm³/mol. The molecular formula is C7H9N3O2. The molecule has 0 aliphatic carbocycles. The van der Waals surface area contributed by atoms with Gasteiger partial charge in [0.05, 0.1) is 31.0 Å². The Bertz CT molecular complexity index is 289. The van der Waals surface area contributed by atoms with Gasteiger partial charge in [-0.25, -0.2) is 0 Å². The first-order valence-corrected chi connectivity index (χ1v) is 3.47. The van der Waals surface area contributed by atoms with E-state index in [2.05, 4.69) is 5.10 Å². The molecule has 0 amide bonds. The molecular weight excluding hydrogens is 158 g/mol. The molecule has 5 heteroatoms. The SMILES string of the molecule is N#Cc1cnn(CC(O)CO)c1. The molecule has 0 aliphatic rings. The molecule has 2 N–H and O–H groups in total.